The van der Waals surface area contributed by atoms with Gasteiger partial charge in [0.15, 0.2) is 23.1 Å². The molecule has 1 N–H and O–H groups in total. The molecule has 0 saturated carbocycles. The van der Waals surface area contributed by atoms with E-state index in [1.54, 1.807) is 0 Å². The van der Waals surface area contributed by atoms with Crippen LogP contribution >= 0.6 is 0 Å². The molecule has 0 aliphatic heterocycles. The zero-order chi connectivity index (χ0) is 13.3. The molecule has 18 heavy (non-hydrogen) atoms. The molecule has 0 aliphatic rings. The number of rotatable bonds is 3. The number of phenolic OH excluding ortho intramolecular Hbond substituents is 1. The normalized spacial score (nSPS) is 10.9. The van der Waals surface area contributed by atoms with Crippen LogP contribution in [0.15, 0.2) is 18.2 Å². The highest BCUT2D eigenvalue weighted by atomic mass is 19.2. The summed E-state index contributed by atoms with van der Waals surface area (Å²) in [6.07, 6.45) is 0.671. The van der Waals surface area contributed by atoms with Gasteiger partial charge >= 0.3 is 0 Å². The van der Waals surface area contributed by atoms with Crippen LogP contribution in [0, 0.1) is 17.5 Å². The Balaban J connectivity index is 2.66. The first kappa shape index (κ1) is 12.5. The smallest absolute Gasteiger partial charge is 0.201 e. The molecule has 0 bridgehead atoms. The summed E-state index contributed by atoms with van der Waals surface area (Å²) in [5.41, 5.74) is 0. The lowest BCUT2D eigenvalue weighted by Gasteiger charge is -2.09. The summed E-state index contributed by atoms with van der Waals surface area (Å²) in [4.78, 5) is 0. The number of ether oxygens (including phenoxy) is 1. The van der Waals surface area contributed by atoms with E-state index in [9.17, 15) is 13.2 Å². The maximum Gasteiger partial charge on any atom is 0.201 e. The summed E-state index contributed by atoms with van der Waals surface area (Å²) < 4.78 is 45.8. The minimum absolute atomic E-state index is 0.0766. The van der Waals surface area contributed by atoms with Gasteiger partial charge < -0.3 is 9.84 Å². The molecule has 0 aliphatic carbocycles. The van der Waals surface area contributed by atoms with E-state index in [2.05, 4.69) is 0 Å². The van der Waals surface area contributed by atoms with Gasteiger partial charge in [0.25, 0.3) is 0 Å². The fourth-order valence-corrected chi connectivity index (χ4v) is 1.67. The predicted octanol–water partition coefficient (Wildman–Crippen LogP) is 3.75. The number of benzene rings is 2. The maximum absolute atomic E-state index is 14.0. The van der Waals surface area contributed by atoms with E-state index in [0.717, 1.165) is 6.07 Å². The van der Waals surface area contributed by atoms with Crippen molar-refractivity contribution < 1.29 is 23.0 Å². The van der Waals surface area contributed by atoms with Crippen LogP contribution in [0.4, 0.5) is 13.2 Å². The van der Waals surface area contributed by atoms with Crippen LogP contribution < -0.4 is 4.74 Å². The standard InChI is InChI=1S/C13H11F3O2/c1-2-5-18-9-4-3-7-6-8(17)11(14)13(16)10(7)12(9)15/h3-4,6,17H,2,5H2,1H3. The Morgan fingerprint density at radius 2 is 1.83 bits per heavy atom. The Morgan fingerprint density at radius 1 is 1.11 bits per heavy atom. The van der Waals surface area contributed by atoms with Gasteiger partial charge in [-0.2, -0.15) is 4.39 Å². The van der Waals surface area contributed by atoms with Crippen molar-refractivity contribution in [1.29, 1.82) is 0 Å². The number of aromatic hydroxyl groups is 1. The summed E-state index contributed by atoms with van der Waals surface area (Å²) >= 11 is 0. The van der Waals surface area contributed by atoms with Gasteiger partial charge in [-0.05, 0) is 23.9 Å². The van der Waals surface area contributed by atoms with Crippen LogP contribution in [0.2, 0.25) is 0 Å². The highest BCUT2D eigenvalue weighted by Gasteiger charge is 2.18. The number of phenols is 1. The van der Waals surface area contributed by atoms with E-state index in [-0.39, 0.29) is 17.7 Å². The average Bonchev–Trinajstić information content (AvgIpc) is 2.35. The summed E-state index contributed by atoms with van der Waals surface area (Å²) in [5.74, 6) is -4.81. The summed E-state index contributed by atoms with van der Waals surface area (Å²) in [6, 6.07) is 3.66. The van der Waals surface area contributed by atoms with E-state index in [1.807, 2.05) is 6.92 Å². The van der Waals surface area contributed by atoms with E-state index in [1.165, 1.54) is 12.1 Å². The molecule has 0 aromatic heterocycles. The van der Waals surface area contributed by atoms with Crippen LogP contribution in [-0.4, -0.2) is 11.7 Å². The second-order valence-corrected chi connectivity index (χ2v) is 3.85. The van der Waals surface area contributed by atoms with Gasteiger partial charge in [-0.25, -0.2) is 8.78 Å². The SMILES string of the molecule is CCCOc1ccc2cc(O)c(F)c(F)c2c1F. The lowest BCUT2D eigenvalue weighted by molar-refractivity contribution is 0.302. The molecule has 2 nitrogen and oxygen atoms in total. The molecule has 2 rings (SSSR count). The van der Waals surface area contributed by atoms with Crippen LogP contribution in [0.1, 0.15) is 13.3 Å². The van der Waals surface area contributed by atoms with E-state index in [4.69, 9.17) is 9.84 Å². The van der Waals surface area contributed by atoms with Crippen LogP contribution in [0.5, 0.6) is 11.5 Å². The molecule has 5 heteroatoms. The molecular formula is C13H11F3O2. The predicted molar refractivity (Wildman–Crippen MR) is 61.3 cm³/mol. The largest absolute Gasteiger partial charge is 0.505 e. The number of hydrogen-bond acceptors (Lipinski definition) is 2. The van der Waals surface area contributed by atoms with Crippen molar-refractivity contribution in [2.24, 2.45) is 0 Å². The molecule has 0 fully saturated rings. The minimum Gasteiger partial charge on any atom is -0.505 e. The molecule has 0 amide bonds. The maximum atomic E-state index is 14.0. The Hall–Kier alpha value is -1.91. The van der Waals surface area contributed by atoms with E-state index in [0.29, 0.717) is 6.42 Å². The first-order valence-electron chi connectivity index (χ1n) is 5.48. The van der Waals surface area contributed by atoms with Crippen molar-refractivity contribution in [3.05, 3.63) is 35.7 Å². The third-order valence-corrected chi connectivity index (χ3v) is 2.53. The number of hydrogen-bond donors (Lipinski definition) is 1. The quantitative estimate of drug-likeness (QED) is 0.906. The molecule has 2 aromatic carbocycles. The van der Waals surface area contributed by atoms with Crippen LogP contribution in [0.3, 0.4) is 0 Å². The second kappa shape index (κ2) is 4.76. The van der Waals surface area contributed by atoms with Gasteiger partial charge in [0.1, 0.15) is 0 Å². The van der Waals surface area contributed by atoms with Gasteiger partial charge in [-0.1, -0.05) is 13.0 Å². The molecule has 0 radical (unpaired) electrons. The first-order chi connectivity index (χ1) is 8.56. The summed E-state index contributed by atoms with van der Waals surface area (Å²) in [6.45, 7) is 2.13. The third-order valence-electron chi connectivity index (χ3n) is 2.53. The van der Waals surface area contributed by atoms with Crippen molar-refractivity contribution in [1.82, 2.24) is 0 Å². The van der Waals surface area contributed by atoms with Gasteiger partial charge in [0.05, 0.1) is 12.0 Å². The topological polar surface area (TPSA) is 29.5 Å². The van der Waals surface area contributed by atoms with Gasteiger partial charge in [0, 0.05) is 0 Å². The molecule has 0 heterocycles. The lowest BCUT2D eigenvalue weighted by atomic mass is 10.1. The molecule has 2 aromatic rings. The van der Waals surface area contributed by atoms with Gasteiger partial charge in [-0.3, -0.25) is 0 Å². The molecule has 0 atom stereocenters. The Kier molecular flexibility index (Phi) is 3.32. The number of halogens is 3. The molecular weight excluding hydrogens is 245 g/mol. The van der Waals surface area contributed by atoms with Crippen molar-refractivity contribution in [3.8, 4) is 11.5 Å². The van der Waals surface area contributed by atoms with Gasteiger partial charge in [-0.15, -0.1) is 0 Å². The van der Waals surface area contributed by atoms with Crippen molar-refractivity contribution in [2.75, 3.05) is 6.61 Å². The third kappa shape index (κ3) is 1.96. The fraction of sp³-hybridized carbons (Fsp3) is 0.231. The number of fused-ring (bicyclic) bond motifs is 1. The van der Waals surface area contributed by atoms with E-state index >= 15 is 0 Å². The first-order valence-corrected chi connectivity index (χ1v) is 5.48. The van der Waals surface area contributed by atoms with Crippen molar-refractivity contribution >= 4 is 10.8 Å². The summed E-state index contributed by atoms with van der Waals surface area (Å²) in [7, 11) is 0. The zero-order valence-corrected chi connectivity index (χ0v) is 9.64. The van der Waals surface area contributed by atoms with Gasteiger partial charge in [0.2, 0.25) is 5.82 Å². The Morgan fingerprint density at radius 3 is 2.50 bits per heavy atom. The summed E-state index contributed by atoms with van der Waals surface area (Å²) in [5, 5.41) is 8.69. The molecule has 0 saturated heterocycles. The zero-order valence-electron chi connectivity index (χ0n) is 9.64. The Bertz CT molecular complexity index is 597. The highest BCUT2D eigenvalue weighted by Crippen LogP contribution is 2.33. The highest BCUT2D eigenvalue weighted by molar-refractivity contribution is 5.86. The molecule has 0 spiro atoms. The van der Waals surface area contributed by atoms with Crippen molar-refractivity contribution in [2.45, 2.75) is 13.3 Å². The van der Waals surface area contributed by atoms with E-state index < -0.39 is 28.6 Å². The second-order valence-electron chi connectivity index (χ2n) is 3.85. The minimum atomic E-state index is -1.46. The average molecular weight is 256 g/mol. The fourth-order valence-electron chi connectivity index (χ4n) is 1.67. The lowest BCUT2D eigenvalue weighted by Crippen LogP contribution is -1.99. The van der Waals surface area contributed by atoms with Crippen molar-refractivity contribution in [3.63, 3.8) is 0 Å². The molecule has 96 valence electrons. The monoisotopic (exact) mass is 256 g/mol. The van der Waals surface area contributed by atoms with Crippen LogP contribution in [0.25, 0.3) is 10.8 Å². The van der Waals surface area contributed by atoms with Crippen LogP contribution in [-0.2, 0) is 0 Å². The molecule has 0 unspecified atom stereocenters. The Labute approximate surface area is 102 Å².